The van der Waals surface area contributed by atoms with Gasteiger partial charge in [-0.15, -0.1) is 0 Å². The third kappa shape index (κ3) is 3.10. The van der Waals surface area contributed by atoms with Crippen LogP contribution >= 0.6 is 0 Å². The number of amides is 1. The number of nitrogens with one attached hydrogen (secondary N) is 1. The Morgan fingerprint density at radius 3 is 2.47 bits per heavy atom. The average molecular weight is 286 g/mol. The van der Waals surface area contributed by atoms with Gasteiger partial charge in [-0.2, -0.15) is 0 Å². The summed E-state index contributed by atoms with van der Waals surface area (Å²) in [6, 6.07) is 4.05. The highest BCUT2D eigenvalue weighted by Gasteiger charge is 2.34. The zero-order valence-electron chi connectivity index (χ0n) is 10.2. The van der Waals surface area contributed by atoms with Gasteiger partial charge in [0.25, 0.3) is 0 Å². The molecule has 0 heterocycles. The highest BCUT2D eigenvalue weighted by molar-refractivity contribution is 7.89. The number of benzene rings is 1. The molecule has 2 unspecified atom stereocenters. The van der Waals surface area contributed by atoms with Crippen molar-refractivity contribution < 1.29 is 17.6 Å². The van der Waals surface area contributed by atoms with Gasteiger partial charge in [-0.1, -0.05) is 6.42 Å². The van der Waals surface area contributed by atoms with Gasteiger partial charge in [0.05, 0.1) is 10.8 Å². The monoisotopic (exact) mass is 286 g/mol. The first-order chi connectivity index (χ1) is 8.90. The number of primary amides is 1. The number of nitrogens with two attached hydrogens (primary N) is 1. The molecular formula is C12H15FN2O3S. The fourth-order valence-electron chi connectivity index (χ4n) is 2.32. The molecule has 0 radical (unpaired) electrons. The Balaban J connectivity index is 2.17. The van der Waals surface area contributed by atoms with Gasteiger partial charge in [-0.05, 0) is 37.1 Å². The van der Waals surface area contributed by atoms with Crippen LogP contribution in [0.1, 0.15) is 19.3 Å². The molecule has 5 nitrogen and oxygen atoms in total. The Labute approximate surface area is 111 Å². The second kappa shape index (κ2) is 5.26. The number of carbonyl (C=O) groups is 1. The Hall–Kier alpha value is -1.47. The molecule has 0 spiro atoms. The van der Waals surface area contributed by atoms with Crippen LogP contribution in [0.25, 0.3) is 0 Å². The third-order valence-electron chi connectivity index (χ3n) is 3.31. The predicted octanol–water partition coefficient (Wildman–Crippen LogP) is 0.758. The summed E-state index contributed by atoms with van der Waals surface area (Å²) in [5.41, 5.74) is 5.24. The average Bonchev–Trinajstić information content (AvgIpc) is 2.77. The van der Waals surface area contributed by atoms with Crippen molar-refractivity contribution in [1.82, 2.24) is 4.72 Å². The number of carbonyl (C=O) groups excluding carboxylic acids is 1. The molecule has 1 fully saturated rings. The van der Waals surface area contributed by atoms with Crippen LogP contribution < -0.4 is 10.5 Å². The van der Waals surface area contributed by atoms with Crippen LogP contribution in [0.3, 0.4) is 0 Å². The standard InChI is InChI=1S/C12H15FN2O3S/c13-8-4-6-9(7-5-8)19(17,18)15-11-3-1-2-10(11)12(14)16/h4-7,10-11,15H,1-3H2,(H2,14,16). The maximum absolute atomic E-state index is 12.8. The van der Waals surface area contributed by atoms with Gasteiger partial charge in [-0.25, -0.2) is 17.5 Å². The molecule has 7 heteroatoms. The van der Waals surface area contributed by atoms with Gasteiger partial charge in [-0.3, -0.25) is 4.79 Å². The van der Waals surface area contributed by atoms with Gasteiger partial charge >= 0.3 is 0 Å². The van der Waals surface area contributed by atoms with Crippen molar-refractivity contribution in [2.24, 2.45) is 11.7 Å². The molecule has 3 N–H and O–H groups in total. The van der Waals surface area contributed by atoms with E-state index in [1.54, 1.807) is 0 Å². The van der Waals surface area contributed by atoms with Crippen molar-refractivity contribution in [3.05, 3.63) is 30.1 Å². The summed E-state index contributed by atoms with van der Waals surface area (Å²) in [7, 11) is -3.75. The largest absolute Gasteiger partial charge is 0.369 e. The van der Waals surface area contributed by atoms with E-state index in [0.29, 0.717) is 12.8 Å². The summed E-state index contributed by atoms with van der Waals surface area (Å²) in [5.74, 6) is -1.48. The Bertz CT molecular complexity index is 571. The predicted molar refractivity (Wildman–Crippen MR) is 67.0 cm³/mol. The molecule has 104 valence electrons. The zero-order chi connectivity index (χ0) is 14.0. The van der Waals surface area contributed by atoms with Crippen LogP contribution in [-0.4, -0.2) is 20.4 Å². The molecule has 1 aliphatic rings. The highest BCUT2D eigenvalue weighted by Crippen LogP contribution is 2.26. The SMILES string of the molecule is NC(=O)C1CCCC1NS(=O)(=O)c1ccc(F)cc1. The van der Waals surface area contributed by atoms with Gasteiger partial charge in [0.15, 0.2) is 0 Å². The van der Waals surface area contributed by atoms with Crippen LogP contribution in [0.2, 0.25) is 0 Å². The van der Waals surface area contributed by atoms with Crippen LogP contribution in [0.4, 0.5) is 4.39 Å². The second-order valence-electron chi connectivity index (χ2n) is 4.62. The lowest BCUT2D eigenvalue weighted by molar-refractivity contribution is -0.122. The molecular weight excluding hydrogens is 271 g/mol. The molecule has 0 aliphatic heterocycles. The minimum atomic E-state index is -3.75. The Kier molecular flexibility index (Phi) is 3.86. The van der Waals surface area contributed by atoms with Gasteiger partial charge < -0.3 is 5.73 Å². The molecule has 2 atom stereocenters. The van der Waals surface area contributed by atoms with Crippen molar-refractivity contribution in [2.75, 3.05) is 0 Å². The second-order valence-corrected chi connectivity index (χ2v) is 6.34. The van der Waals surface area contributed by atoms with Crippen LogP contribution in [-0.2, 0) is 14.8 Å². The summed E-state index contributed by atoms with van der Waals surface area (Å²) in [6.45, 7) is 0. The van der Waals surface area contributed by atoms with Crippen LogP contribution in [0.5, 0.6) is 0 Å². The summed E-state index contributed by atoms with van der Waals surface area (Å²) >= 11 is 0. The number of halogens is 1. The number of hydrogen-bond acceptors (Lipinski definition) is 3. The van der Waals surface area contributed by atoms with E-state index < -0.39 is 33.7 Å². The summed E-state index contributed by atoms with van der Waals surface area (Å²) < 4.78 is 39.4. The molecule has 19 heavy (non-hydrogen) atoms. The molecule has 2 rings (SSSR count). The van der Waals surface area contributed by atoms with Crippen molar-refractivity contribution in [3.63, 3.8) is 0 Å². The third-order valence-corrected chi connectivity index (χ3v) is 4.82. The van der Waals surface area contributed by atoms with E-state index in [1.165, 1.54) is 12.1 Å². The smallest absolute Gasteiger partial charge is 0.240 e. The van der Waals surface area contributed by atoms with Gasteiger partial charge in [0.1, 0.15) is 5.82 Å². The number of sulfonamides is 1. The lowest BCUT2D eigenvalue weighted by Crippen LogP contribution is -2.42. The van der Waals surface area contributed by atoms with E-state index in [9.17, 15) is 17.6 Å². The molecule has 0 aromatic heterocycles. The van der Waals surface area contributed by atoms with Crippen molar-refractivity contribution in [3.8, 4) is 0 Å². The highest BCUT2D eigenvalue weighted by atomic mass is 32.2. The van der Waals surface area contributed by atoms with Crippen molar-refractivity contribution >= 4 is 15.9 Å². The first-order valence-corrected chi connectivity index (χ1v) is 7.46. The summed E-state index contributed by atoms with van der Waals surface area (Å²) in [6.07, 6.45) is 1.92. The van der Waals surface area contributed by atoms with Crippen molar-refractivity contribution in [1.29, 1.82) is 0 Å². The van der Waals surface area contributed by atoms with E-state index in [1.807, 2.05) is 0 Å². The number of rotatable bonds is 4. The fourth-order valence-corrected chi connectivity index (χ4v) is 3.63. The summed E-state index contributed by atoms with van der Waals surface area (Å²) in [5, 5.41) is 0. The molecule has 0 bridgehead atoms. The topological polar surface area (TPSA) is 89.3 Å². The lowest BCUT2D eigenvalue weighted by Gasteiger charge is -2.18. The molecule has 1 saturated carbocycles. The normalized spacial score (nSPS) is 23.4. The van der Waals surface area contributed by atoms with E-state index in [2.05, 4.69) is 4.72 Å². The Morgan fingerprint density at radius 1 is 1.26 bits per heavy atom. The van der Waals surface area contributed by atoms with E-state index in [-0.39, 0.29) is 4.90 Å². The zero-order valence-corrected chi connectivity index (χ0v) is 11.0. The van der Waals surface area contributed by atoms with Gasteiger partial charge in [0, 0.05) is 6.04 Å². The van der Waals surface area contributed by atoms with Gasteiger partial charge in [0.2, 0.25) is 15.9 Å². The maximum Gasteiger partial charge on any atom is 0.240 e. The minimum Gasteiger partial charge on any atom is -0.369 e. The molecule has 1 aliphatic carbocycles. The van der Waals surface area contributed by atoms with E-state index in [4.69, 9.17) is 5.73 Å². The molecule has 1 aromatic rings. The maximum atomic E-state index is 12.8. The first kappa shape index (κ1) is 14.0. The van der Waals surface area contributed by atoms with E-state index in [0.717, 1.165) is 18.6 Å². The van der Waals surface area contributed by atoms with Crippen LogP contribution in [0.15, 0.2) is 29.2 Å². The molecule has 1 aromatic carbocycles. The quantitative estimate of drug-likeness (QED) is 0.856. The first-order valence-electron chi connectivity index (χ1n) is 5.97. The lowest BCUT2D eigenvalue weighted by atomic mass is 10.0. The molecule has 1 amide bonds. The molecule has 0 saturated heterocycles. The Morgan fingerprint density at radius 2 is 1.89 bits per heavy atom. The fraction of sp³-hybridized carbons (Fsp3) is 0.417. The van der Waals surface area contributed by atoms with Crippen molar-refractivity contribution in [2.45, 2.75) is 30.2 Å². The summed E-state index contributed by atoms with van der Waals surface area (Å²) in [4.78, 5) is 11.2. The van der Waals surface area contributed by atoms with Crippen LogP contribution in [0, 0.1) is 11.7 Å². The minimum absolute atomic E-state index is 0.0241. The van der Waals surface area contributed by atoms with E-state index >= 15 is 0 Å². The number of hydrogen-bond donors (Lipinski definition) is 2.